The van der Waals surface area contributed by atoms with Crippen LogP contribution in [0.5, 0.6) is 5.75 Å². The first kappa shape index (κ1) is 15.5. The van der Waals surface area contributed by atoms with Gasteiger partial charge in [-0.2, -0.15) is 0 Å². The number of hydrogen-bond donors (Lipinski definition) is 0. The maximum atomic E-state index is 5.67. The number of benzene rings is 1. The molecular formula is C16H26N2O. The Labute approximate surface area is 117 Å². The standard InChI is InChI=1S/C16H26N2O/c1-7-12(3)13-10-9-11-14(15(13)19-6)16(17-8-2)18(4)5/h9-12H,7-8H2,1-6H3. The van der Waals surface area contributed by atoms with Crippen LogP contribution in [0.15, 0.2) is 23.2 Å². The average Bonchev–Trinajstić information content (AvgIpc) is 2.42. The molecule has 0 aromatic heterocycles. The topological polar surface area (TPSA) is 24.8 Å². The van der Waals surface area contributed by atoms with Crippen molar-refractivity contribution >= 4 is 5.84 Å². The Bertz CT molecular complexity index is 438. The zero-order valence-corrected chi connectivity index (χ0v) is 13.0. The molecule has 106 valence electrons. The van der Waals surface area contributed by atoms with Crippen LogP contribution in [0.1, 0.15) is 44.2 Å². The first-order valence-corrected chi connectivity index (χ1v) is 6.95. The van der Waals surface area contributed by atoms with Gasteiger partial charge in [0.05, 0.1) is 12.7 Å². The summed E-state index contributed by atoms with van der Waals surface area (Å²) in [5.74, 6) is 2.42. The summed E-state index contributed by atoms with van der Waals surface area (Å²) in [6.45, 7) is 7.25. The van der Waals surface area contributed by atoms with Gasteiger partial charge < -0.3 is 9.64 Å². The van der Waals surface area contributed by atoms with Crippen molar-refractivity contribution in [2.45, 2.75) is 33.1 Å². The van der Waals surface area contributed by atoms with Gasteiger partial charge in [0, 0.05) is 20.6 Å². The number of rotatable bonds is 5. The Morgan fingerprint density at radius 2 is 2.00 bits per heavy atom. The first-order valence-electron chi connectivity index (χ1n) is 6.95. The van der Waals surface area contributed by atoms with Gasteiger partial charge in [-0.3, -0.25) is 4.99 Å². The molecule has 0 saturated heterocycles. The molecule has 0 N–H and O–H groups in total. The maximum Gasteiger partial charge on any atom is 0.134 e. The van der Waals surface area contributed by atoms with Crippen molar-refractivity contribution in [2.75, 3.05) is 27.7 Å². The van der Waals surface area contributed by atoms with E-state index in [1.165, 1.54) is 5.56 Å². The summed E-state index contributed by atoms with van der Waals surface area (Å²) in [5, 5.41) is 0. The van der Waals surface area contributed by atoms with E-state index in [0.717, 1.165) is 30.1 Å². The fourth-order valence-corrected chi connectivity index (χ4v) is 2.18. The summed E-state index contributed by atoms with van der Waals surface area (Å²) in [7, 11) is 5.78. The monoisotopic (exact) mass is 262 g/mol. The van der Waals surface area contributed by atoms with Crippen LogP contribution in [0.3, 0.4) is 0 Å². The van der Waals surface area contributed by atoms with Crippen molar-refractivity contribution in [1.82, 2.24) is 4.90 Å². The van der Waals surface area contributed by atoms with Crippen LogP contribution in [-0.2, 0) is 0 Å². The Kier molecular flexibility index (Phi) is 5.87. The normalized spacial score (nSPS) is 13.3. The fourth-order valence-electron chi connectivity index (χ4n) is 2.18. The fraction of sp³-hybridized carbons (Fsp3) is 0.562. The van der Waals surface area contributed by atoms with Crippen LogP contribution >= 0.6 is 0 Å². The van der Waals surface area contributed by atoms with Gasteiger partial charge in [-0.05, 0) is 30.9 Å². The summed E-state index contributed by atoms with van der Waals surface area (Å²) in [6, 6.07) is 6.32. The van der Waals surface area contributed by atoms with Crippen LogP contribution in [0.4, 0.5) is 0 Å². The lowest BCUT2D eigenvalue weighted by Crippen LogP contribution is -2.24. The molecular weight excluding hydrogens is 236 g/mol. The third-order valence-electron chi connectivity index (χ3n) is 3.37. The largest absolute Gasteiger partial charge is 0.496 e. The van der Waals surface area contributed by atoms with E-state index in [4.69, 9.17) is 4.74 Å². The molecule has 0 heterocycles. The quantitative estimate of drug-likeness (QED) is 0.599. The number of para-hydroxylation sites is 1. The van der Waals surface area contributed by atoms with Gasteiger partial charge in [-0.1, -0.05) is 26.0 Å². The third-order valence-corrected chi connectivity index (χ3v) is 3.37. The average molecular weight is 262 g/mol. The second kappa shape index (κ2) is 7.17. The number of hydrogen-bond acceptors (Lipinski definition) is 2. The number of amidine groups is 1. The zero-order chi connectivity index (χ0) is 14.4. The molecule has 0 radical (unpaired) electrons. The van der Waals surface area contributed by atoms with Crippen LogP contribution in [0.25, 0.3) is 0 Å². The second-order valence-corrected chi connectivity index (χ2v) is 4.93. The summed E-state index contributed by atoms with van der Waals surface area (Å²) in [6.07, 6.45) is 1.10. The highest BCUT2D eigenvalue weighted by atomic mass is 16.5. The van der Waals surface area contributed by atoms with Gasteiger partial charge in [-0.25, -0.2) is 0 Å². The summed E-state index contributed by atoms with van der Waals surface area (Å²) < 4.78 is 5.67. The highest BCUT2D eigenvalue weighted by molar-refractivity contribution is 6.01. The Morgan fingerprint density at radius 3 is 2.47 bits per heavy atom. The van der Waals surface area contributed by atoms with Crippen LogP contribution in [-0.4, -0.2) is 38.5 Å². The van der Waals surface area contributed by atoms with Gasteiger partial charge in [0.25, 0.3) is 0 Å². The lowest BCUT2D eigenvalue weighted by Gasteiger charge is -2.22. The molecule has 3 heteroatoms. The lowest BCUT2D eigenvalue weighted by molar-refractivity contribution is 0.404. The molecule has 1 atom stereocenters. The second-order valence-electron chi connectivity index (χ2n) is 4.93. The van der Waals surface area contributed by atoms with Crippen molar-refractivity contribution in [3.63, 3.8) is 0 Å². The van der Waals surface area contributed by atoms with Crippen molar-refractivity contribution in [3.05, 3.63) is 29.3 Å². The minimum atomic E-state index is 0.486. The molecule has 0 fully saturated rings. The summed E-state index contributed by atoms with van der Waals surface area (Å²) in [4.78, 5) is 6.63. The van der Waals surface area contributed by atoms with Crippen molar-refractivity contribution < 1.29 is 4.74 Å². The lowest BCUT2D eigenvalue weighted by atomic mass is 9.95. The van der Waals surface area contributed by atoms with Gasteiger partial charge in [0.2, 0.25) is 0 Å². The summed E-state index contributed by atoms with van der Waals surface area (Å²) >= 11 is 0. The Balaban J connectivity index is 3.39. The van der Waals surface area contributed by atoms with Crippen molar-refractivity contribution in [2.24, 2.45) is 4.99 Å². The SMILES string of the molecule is CCN=C(c1cccc(C(C)CC)c1OC)N(C)C. The molecule has 1 rings (SSSR count). The number of ether oxygens (including phenoxy) is 1. The van der Waals surface area contributed by atoms with E-state index in [0.29, 0.717) is 5.92 Å². The van der Waals surface area contributed by atoms with E-state index < -0.39 is 0 Å². The highest BCUT2D eigenvalue weighted by Gasteiger charge is 2.17. The highest BCUT2D eigenvalue weighted by Crippen LogP contribution is 2.32. The van der Waals surface area contributed by atoms with E-state index in [2.05, 4.69) is 44.0 Å². The van der Waals surface area contributed by atoms with E-state index >= 15 is 0 Å². The Hall–Kier alpha value is -1.51. The minimum Gasteiger partial charge on any atom is -0.496 e. The van der Waals surface area contributed by atoms with E-state index in [-0.39, 0.29) is 0 Å². The number of aliphatic imine (C=N–C) groups is 1. The molecule has 3 nitrogen and oxygen atoms in total. The van der Waals surface area contributed by atoms with Crippen LogP contribution in [0.2, 0.25) is 0 Å². The van der Waals surface area contributed by atoms with Crippen molar-refractivity contribution in [3.8, 4) is 5.75 Å². The molecule has 1 aromatic rings. The van der Waals surface area contributed by atoms with Gasteiger partial charge in [-0.15, -0.1) is 0 Å². The number of nitrogens with zero attached hydrogens (tertiary/aromatic N) is 2. The van der Waals surface area contributed by atoms with Gasteiger partial charge in [0.15, 0.2) is 0 Å². The molecule has 1 unspecified atom stereocenters. The predicted octanol–water partition coefficient (Wildman–Crippen LogP) is 3.54. The Morgan fingerprint density at radius 1 is 1.32 bits per heavy atom. The first-order chi connectivity index (χ1) is 9.06. The van der Waals surface area contributed by atoms with E-state index in [1.807, 2.05) is 19.0 Å². The molecule has 0 bridgehead atoms. The van der Waals surface area contributed by atoms with Gasteiger partial charge >= 0.3 is 0 Å². The molecule has 0 amide bonds. The van der Waals surface area contributed by atoms with Crippen LogP contribution in [0, 0.1) is 0 Å². The van der Waals surface area contributed by atoms with Crippen LogP contribution < -0.4 is 4.74 Å². The van der Waals surface area contributed by atoms with E-state index in [9.17, 15) is 0 Å². The molecule has 0 spiro atoms. The predicted molar refractivity (Wildman–Crippen MR) is 82.5 cm³/mol. The molecule has 0 aliphatic rings. The molecule has 0 aliphatic carbocycles. The third kappa shape index (κ3) is 3.49. The molecule has 0 saturated carbocycles. The summed E-state index contributed by atoms with van der Waals surface area (Å²) in [5.41, 5.74) is 2.33. The zero-order valence-electron chi connectivity index (χ0n) is 13.0. The minimum absolute atomic E-state index is 0.486. The van der Waals surface area contributed by atoms with Crippen molar-refractivity contribution in [1.29, 1.82) is 0 Å². The molecule has 1 aromatic carbocycles. The number of methoxy groups -OCH3 is 1. The molecule has 19 heavy (non-hydrogen) atoms. The van der Waals surface area contributed by atoms with Gasteiger partial charge in [0.1, 0.15) is 11.6 Å². The smallest absolute Gasteiger partial charge is 0.134 e. The maximum absolute atomic E-state index is 5.67. The van der Waals surface area contributed by atoms with E-state index in [1.54, 1.807) is 7.11 Å². The molecule has 0 aliphatic heterocycles.